The molecule has 0 saturated carbocycles. The second-order valence-electron chi connectivity index (χ2n) is 5.86. The van der Waals surface area contributed by atoms with Crippen molar-refractivity contribution >= 4 is 32.6 Å². The third-order valence-corrected chi connectivity index (χ3v) is 4.01. The first-order valence-electron chi connectivity index (χ1n) is 6.35. The van der Waals surface area contributed by atoms with Crippen molar-refractivity contribution in [3.8, 4) is 0 Å². The summed E-state index contributed by atoms with van der Waals surface area (Å²) in [5.74, 6) is 0.151. The number of fused-ring (bicyclic) bond motifs is 1. The van der Waals surface area contributed by atoms with E-state index in [0.717, 1.165) is 22.2 Å². The number of aromatic nitrogens is 1. The molecule has 0 aliphatic heterocycles. The first-order chi connectivity index (χ1) is 8.80. The minimum absolute atomic E-state index is 0.151. The Morgan fingerprint density at radius 3 is 2.53 bits per heavy atom. The van der Waals surface area contributed by atoms with Crippen molar-refractivity contribution in [2.45, 2.75) is 32.5 Å². The van der Waals surface area contributed by atoms with E-state index in [1.165, 1.54) is 0 Å². The highest BCUT2D eigenvalue weighted by atomic mass is 79.9. The van der Waals surface area contributed by atoms with Gasteiger partial charge in [-0.15, -0.1) is 0 Å². The van der Waals surface area contributed by atoms with Gasteiger partial charge in [-0.05, 0) is 24.6 Å². The van der Waals surface area contributed by atoms with E-state index in [4.69, 9.17) is 0 Å². The fourth-order valence-electron chi connectivity index (χ4n) is 2.00. The third-order valence-electron chi connectivity index (χ3n) is 3.16. The molecule has 0 N–H and O–H groups in total. The minimum atomic E-state index is -0.381. The van der Waals surface area contributed by atoms with Crippen LogP contribution in [-0.2, 0) is 4.79 Å². The van der Waals surface area contributed by atoms with Crippen molar-refractivity contribution < 1.29 is 4.79 Å². The zero-order chi connectivity index (χ0) is 14.2. The van der Waals surface area contributed by atoms with Crippen LogP contribution in [0.4, 0.5) is 0 Å². The van der Waals surface area contributed by atoms with Crippen LogP contribution in [0.2, 0.25) is 0 Å². The lowest BCUT2D eigenvalue weighted by Crippen LogP contribution is -2.25. The average molecular weight is 320 g/mol. The summed E-state index contributed by atoms with van der Waals surface area (Å²) in [7, 11) is 0. The summed E-state index contributed by atoms with van der Waals surface area (Å²) in [5, 5.41) is 1.10. The average Bonchev–Trinajstić information content (AvgIpc) is 2.35. The molecule has 0 saturated heterocycles. The van der Waals surface area contributed by atoms with Crippen LogP contribution in [0, 0.1) is 12.3 Å². The molecule has 1 atom stereocenters. The van der Waals surface area contributed by atoms with E-state index in [2.05, 4.69) is 27.0 Å². The third kappa shape index (κ3) is 2.86. The molecule has 0 spiro atoms. The normalized spacial score (nSPS) is 13.5. The number of pyridine rings is 1. The summed E-state index contributed by atoms with van der Waals surface area (Å²) in [6.45, 7) is 7.79. The van der Waals surface area contributed by atoms with Crippen LogP contribution < -0.4 is 0 Å². The Labute approximate surface area is 122 Å². The summed E-state index contributed by atoms with van der Waals surface area (Å²) in [4.78, 5) is 16.7. The van der Waals surface area contributed by atoms with Gasteiger partial charge in [0.05, 0.1) is 11.2 Å². The number of nitrogens with zero attached hydrogens (tertiary/aromatic N) is 1. The van der Waals surface area contributed by atoms with Gasteiger partial charge >= 0.3 is 0 Å². The highest BCUT2D eigenvalue weighted by Gasteiger charge is 2.30. The van der Waals surface area contributed by atoms with Crippen LogP contribution in [0.1, 0.15) is 36.9 Å². The summed E-state index contributed by atoms with van der Waals surface area (Å²) < 4.78 is 0. The minimum Gasteiger partial charge on any atom is -0.297 e. The fraction of sp³-hybridized carbons (Fsp3) is 0.375. The molecule has 2 aromatic rings. The lowest BCUT2D eigenvalue weighted by molar-refractivity contribution is -0.125. The number of aryl methyl sites for hydroxylation is 1. The number of hydrogen-bond donors (Lipinski definition) is 0. The van der Waals surface area contributed by atoms with E-state index in [1.54, 1.807) is 0 Å². The molecule has 1 aromatic carbocycles. The van der Waals surface area contributed by atoms with Crippen LogP contribution in [-0.4, -0.2) is 10.8 Å². The number of carbonyl (C=O) groups excluding carboxylic acids is 1. The number of benzene rings is 1. The predicted octanol–water partition coefficient (Wildman–Crippen LogP) is 4.59. The SMILES string of the molecule is Cc1cc2ccccc2nc1C(Br)C(=O)C(C)(C)C. The molecule has 19 heavy (non-hydrogen) atoms. The Morgan fingerprint density at radius 1 is 1.26 bits per heavy atom. The van der Waals surface area contributed by atoms with E-state index < -0.39 is 0 Å². The van der Waals surface area contributed by atoms with Gasteiger partial charge in [-0.2, -0.15) is 0 Å². The number of ketones is 1. The van der Waals surface area contributed by atoms with Crippen LogP contribution in [0.3, 0.4) is 0 Å². The maximum absolute atomic E-state index is 12.4. The Bertz CT molecular complexity index is 628. The van der Waals surface area contributed by atoms with Crippen molar-refractivity contribution in [2.24, 2.45) is 5.41 Å². The van der Waals surface area contributed by atoms with Gasteiger partial charge in [-0.1, -0.05) is 54.9 Å². The molecule has 1 aromatic heterocycles. The molecule has 2 rings (SSSR count). The molecule has 0 aliphatic rings. The van der Waals surface area contributed by atoms with Crippen LogP contribution >= 0.6 is 15.9 Å². The first-order valence-corrected chi connectivity index (χ1v) is 7.27. The number of para-hydroxylation sites is 1. The number of hydrogen-bond acceptors (Lipinski definition) is 2. The molecule has 1 heterocycles. The molecular formula is C16H18BrNO. The topological polar surface area (TPSA) is 30.0 Å². The first kappa shape index (κ1) is 14.2. The molecule has 100 valence electrons. The van der Waals surface area contributed by atoms with Gasteiger partial charge in [0.15, 0.2) is 5.78 Å². The molecule has 0 amide bonds. The number of alkyl halides is 1. The van der Waals surface area contributed by atoms with Gasteiger partial charge in [0, 0.05) is 10.8 Å². The summed E-state index contributed by atoms with van der Waals surface area (Å²) in [6, 6.07) is 10.0. The van der Waals surface area contributed by atoms with E-state index in [0.29, 0.717) is 0 Å². The second-order valence-corrected chi connectivity index (χ2v) is 6.78. The molecule has 2 nitrogen and oxygen atoms in total. The van der Waals surface area contributed by atoms with Gasteiger partial charge in [0.1, 0.15) is 4.83 Å². The van der Waals surface area contributed by atoms with Crippen molar-refractivity contribution in [1.29, 1.82) is 0 Å². The smallest absolute Gasteiger partial charge is 0.157 e. The maximum atomic E-state index is 12.4. The lowest BCUT2D eigenvalue weighted by atomic mass is 9.87. The Balaban J connectivity index is 2.50. The number of carbonyl (C=O) groups is 1. The zero-order valence-electron chi connectivity index (χ0n) is 11.7. The fourth-order valence-corrected chi connectivity index (χ4v) is 3.15. The van der Waals surface area contributed by atoms with Gasteiger partial charge in [0.25, 0.3) is 0 Å². The van der Waals surface area contributed by atoms with Gasteiger partial charge in [0.2, 0.25) is 0 Å². The second kappa shape index (κ2) is 5.04. The van der Waals surface area contributed by atoms with Crippen molar-refractivity contribution in [1.82, 2.24) is 4.98 Å². The Morgan fingerprint density at radius 2 is 1.89 bits per heavy atom. The standard InChI is InChI=1S/C16H18BrNO/c1-10-9-11-7-5-6-8-12(11)18-14(10)13(17)15(19)16(2,3)4/h5-9,13H,1-4H3. The summed E-state index contributed by atoms with van der Waals surface area (Å²) in [5.41, 5.74) is 2.40. The Kier molecular flexibility index (Phi) is 3.77. The van der Waals surface area contributed by atoms with E-state index in [1.807, 2.05) is 52.0 Å². The monoisotopic (exact) mass is 319 g/mol. The van der Waals surface area contributed by atoms with Crippen molar-refractivity contribution in [3.63, 3.8) is 0 Å². The van der Waals surface area contributed by atoms with E-state index in [-0.39, 0.29) is 16.0 Å². The van der Waals surface area contributed by atoms with Crippen LogP contribution in [0.5, 0.6) is 0 Å². The number of halogens is 1. The molecule has 0 radical (unpaired) electrons. The van der Waals surface area contributed by atoms with Gasteiger partial charge < -0.3 is 0 Å². The molecule has 0 aliphatic carbocycles. The largest absolute Gasteiger partial charge is 0.297 e. The quantitative estimate of drug-likeness (QED) is 0.757. The van der Waals surface area contributed by atoms with E-state index in [9.17, 15) is 4.79 Å². The van der Waals surface area contributed by atoms with Crippen LogP contribution in [0.25, 0.3) is 10.9 Å². The maximum Gasteiger partial charge on any atom is 0.157 e. The van der Waals surface area contributed by atoms with Gasteiger partial charge in [-0.25, -0.2) is 0 Å². The van der Waals surface area contributed by atoms with Crippen LogP contribution in [0.15, 0.2) is 30.3 Å². The van der Waals surface area contributed by atoms with Crippen molar-refractivity contribution in [2.75, 3.05) is 0 Å². The number of Topliss-reactive ketones (excluding diaryl/α,β-unsaturated/α-hetero) is 1. The lowest BCUT2D eigenvalue weighted by Gasteiger charge is -2.21. The Hall–Kier alpha value is -1.22. The number of rotatable bonds is 2. The van der Waals surface area contributed by atoms with Crippen molar-refractivity contribution in [3.05, 3.63) is 41.6 Å². The molecule has 0 fully saturated rings. The zero-order valence-corrected chi connectivity index (χ0v) is 13.3. The van der Waals surface area contributed by atoms with Gasteiger partial charge in [-0.3, -0.25) is 9.78 Å². The highest BCUT2D eigenvalue weighted by molar-refractivity contribution is 9.09. The summed E-state index contributed by atoms with van der Waals surface area (Å²) >= 11 is 3.51. The molecule has 1 unspecified atom stereocenters. The van der Waals surface area contributed by atoms with E-state index >= 15 is 0 Å². The summed E-state index contributed by atoms with van der Waals surface area (Å²) in [6.07, 6.45) is 0. The molecule has 3 heteroatoms. The molecular weight excluding hydrogens is 302 g/mol. The highest BCUT2D eigenvalue weighted by Crippen LogP contribution is 2.33. The molecule has 0 bridgehead atoms. The predicted molar refractivity (Wildman–Crippen MR) is 82.6 cm³/mol.